The molecule has 0 heterocycles. The first kappa shape index (κ1) is 16.0. The summed E-state index contributed by atoms with van der Waals surface area (Å²) in [6, 6.07) is 13.7. The standard InChI is InChI=1S/C16H13BrINO2/c17-13-3-1-2-12(8-13)10-21-15-6-4-11(9-14(15)18)5-7-16(19)20/h1-9H,10H2,(H2,19,20)/b7-5+. The van der Waals surface area contributed by atoms with Gasteiger partial charge in [-0.15, -0.1) is 0 Å². The van der Waals surface area contributed by atoms with Gasteiger partial charge in [-0.25, -0.2) is 0 Å². The monoisotopic (exact) mass is 457 g/mol. The fourth-order valence-electron chi connectivity index (χ4n) is 1.70. The molecule has 2 aromatic carbocycles. The number of amides is 1. The second-order valence-corrected chi connectivity index (χ2v) is 6.42. The quantitative estimate of drug-likeness (QED) is 0.542. The van der Waals surface area contributed by atoms with Gasteiger partial charge in [0.05, 0.1) is 3.57 Å². The Morgan fingerprint density at radius 3 is 2.76 bits per heavy atom. The van der Waals surface area contributed by atoms with Crippen LogP contribution in [-0.4, -0.2) is 5.91 Å². The number of benzene rings is 2. The first-order chi connectivity index (χ1) is 10.0. The molecule has 0 bridgehead atoms. The third kappa shape index (κ3) is 5.17. The molecule has 21 heavy (non-hydrogen) atoms. The number of ether oxygens (including phenoxy) is 1. The summed E-state index contributed by atoms with van der Waals surface area (Å²) in [7, 11) is 0. The smallest absolute Gasteiger partial charge is 0.241 e. The van der Waals surface area contributed by atoms with Crippen LogP contribution in [0.2, 0.25) is 0 Å². The van der Waals surface area contributed by atoms with Crippen molar-refractivity contribution < 1.29 is 9.53 Å². The van der Waals surface area contributed by atoms with Gasteiger partial charge in [0.25, 0.3) is 0 Å². The van der Waals surface area contributed by atoms with Crippen LogP contribution < -0.4 is 10.5 Å². The fourth-order valence-corrected chi connectivity index (χ4v) is 2.85. The Bertz CT molecular complexity index is 686. The Morgan fingerprint density at radius 1 is 1.29 bits per heavy atom. The number of carbonyl (C=O) groups is 1. The van der Waals surface area contributed by atoms with Crippen LogP contribution in [0.4, 0.5) is 0 Å². The highest BCUT2D eigenvalue weighted by atomic mass is 127. The Kier molecular flexibility index (Phi) is 5.81. The average Bonchev–Trinajstić information content (AvgIpc) is 2.44. The van der Waals surface area contributed by atoms with E-state index in [0.717, 1.165) is 24.9 Å². The number of hydrogen-bond donors (Lipinski definition) is 1. The number of rotatable bonds is 5. The van der Waals surface area contributed by atoms with Crippen molar-refractivity contribution in [2.75, 3.05) is 0 Å². The predicted molar refractivity (Wildman–Crippen MR) is 95.9 cm³/mol. The fraction of sp³-hybridized carbons (Fsp3) is 0.0625. The van der Waals surface area contributed by atoms with Crippen LogP contribution in [0.1, 0.15) is 11.1 Å². The van der Waals surface area contributed by atoms with Gasteiger partial charge >= 0.3 is 0 Å². The highest BCUT2D eigenvalue weighted by molar-refractivity contribution is 14.1. The molecule has 2 aromatic rings. The number of hydrogen-bond acceptors (Lipinski definition) is 2. The van der Waals surface area contributed by atoms with Crippen molar-refractivity contribution >= 4 is 50.5 Å². The number of halogens is 2. The predicted octanol–water partition coefficient (Wildman–Crippen LogP) is 4.13. The number of carbonyl (C=O) groups excluding carboxylic acids is 1. The maximum atomic E-state index is 10.7. The van der Waals surface area contributed by atoms with E-state index in [9.17, 15) is 4.79 Å². The van der Waals surface area contributed by atoms with Crippen molar-refractivity contribution in [2.45, 2.75) is 6.61 Å². The van der Waals surface area contributed by atoms with Gasteiger partial charge in [0.15, 0.2) is 0 Å². The molecule has 108 valence electrons. The largest absolute Gasteiger partial charge is 0.488 e. The molecule has 0 fully saturated rings. The molecule has 1 amide bonds. The molecule has 0 saturated heterocycles. The van der Waals surface area contributed by atoms with Crippen molar-refractivity contribution in [2.24, 2.45) is 5.73 Å². The van der Waals surface area contributed by atoms with Gasteiger partial charge in [0, 0.05) is 10.5 Å². The summed E-state index contributed by atoms with van der Waals surface area (Å²) in [6.07, 6.45) is 3.02. The zero-order valence-corrected chi connectivity index (χ0v) is 14.8. The first-order valence-corrected chi connectivity index (χ1v) is 8.06. The minimum Gasteiger partial charge on any atom is -0.488 e. The lowest BCUT2D eigenvalue weighted by molar-refractivity contribution is -0.113. The van der Waals surface area contributed by atoms with Gasteiger partial charge in [-0.3, -0.25) is 4.79 Å². The van der Waals surface area contributed by atoms with Crippen LogP contribution in [-0.2, 0) is 11.4 Å². The van der Waals surface area contributed by atoms with Crippen LogP contribution in [0.3, 0.4) is 0 Å². The van der Waals surface area contributed by atoms with E-state index in [1.54, 1.807) is 6.08 Å². The summed E-state index contributed by atoms with van der Waals surface area (Å²) < 4.78 is 7.83. The normalized spacial score (nSPS) is 10.8. The second-order valence-electron chi connectivity index (χ2n) is 4.34. The molecule has 0 unspecified atom stereocenters. The van der Waals surface area contributed by atoms with Gasteiger partial charge < -0.3 is 10.5 Å². The molecule has 0 aliphatic carbocycles. The van der Waals surface area contributed by atoms with E-state index < -0.39 is 5.91 Å². The van der Waals surface area contributed by atoms with Crippen LogP contribution in [0.25, 0.3) is 6.08 Å². The van der Waals surface area contributed by atoms with E-state index in [-0.39, 0.29) is 0 Å². The van der Waals surface area contributed by atoms with Crippen molar-refractivity contribution in [3.8, 4) is 5.75 Å². The molecular weight excluding hydrogens is 445 g/mol. The van der Waals surface area contributed by atoms with Gasteiger partial charge in [-0.1, -0.05) is 34.1 Å². The SMILES string of the molecule is NC(=O)/C=C/c1ccc(OCc2cccc(Br)c2)c(I)c1. The van der Waals surface area contributed by atoms with E-state index in [4.69, 9.17) is 10.5 Å². The molecule has 0 atom stereocenters. The topological polar surface area (TPSA) is 52.3 Å². The Labute approximate surface area is 145 Å². The average molecular weight is 458 g/mol. The van der Waals surface area contributed by atoms with Crippen molar-refractivity contribution in [3.63, 3.8) is 0 Å². The zero-order valence-electron chi connectivity index (χ0n) is 11.1. The van der Waals surface area contributed by atoms with Crippen molar-refractivity contribution in [1.82, 2.24) is 0 Å². The van der Waals surface area contributed by atoms with Crippen molar-refractivity contribution in [3.05, 3.63) is 67.7 Å². The summed E-state index contributed by atoms with van der Waals surface area (Å²) in [6.45, 7) is 0.506. The molecule has 0 aromatic heterocycles. The zero-order chi connectivity index (χ0) is 15.2. The summed E-state index contributed by atoms with van der Waals surface area (Å²) in [5.74, 6) is 0.354. The Morgan fingerprint density at radius 2 is 2.10 bits per heavy atom. The van der Waals surface area contributed by atoms with E-state index in [1.807, 2.05) is 42.5 Å². The van der Waals surface area contributed by atoms with E-state index in [0.29, 0.717) is 6.61 Å². The van der Waals surface area contributed by atoms with Crippen LogP contribution in [0.15, 0.2) is 53.0 Å². The minimum absolute atomic E-state index is 0.458. The van der Waals surface area contributed by atoms with Crippen molar-refractivity contribution in [1.29, 1.82) is 0 Å². The lowest BCUT2D eigenvalue weighted by Gasteiger charge is -2.09. The Hall–Kier alpha value is -1.34. The summed E-state index contributed by atoms with van der Waals surface area (Å²) >= 11 is 5.65. The molecule has 0 saturated carbocycles. The van der Waals surface area contributed by atoms with Gasteiger partial charge in [0.1, 0.15) is 12.4 Å². The molecule has 0 aliphatic heterocycles. The number of primary amides is 1. The first-order valence-electron chi connectivity index (χ1n) is 6.19. The van der Waals surface area contributed by atoms with E-state index in [2.05, 4.69) is 38.5 Å². The number of nitrogens with two attached hydrogens (primary N) is 1. The molecule has 5 heteroatoms. The third-order valence-corrected chi connectivity index (χ3v) is 4.02. The van der Waals surface area contributed by atoms with E-state index in [1.165, 1.54) is 6.08 Å². The highest BCUT2D eigenvalue weighted by Crippen LogP contribution is 2.24. The molecule has 0 radical (unpaired) electrons. The molecule has 2 rings (SSSR count). The molecule has 0 spiro atoms. The molecule has 3 nitrogen and oxygen atoms in total. The molecule has 2 N–H and O–H groups in total. The maximum absolute atomic E-state index is 10.7. The van der Waals surface area contributed by atoms with Gasteiger partial charge in [-0.05, 0) is 64.1 Å². The van der Waals surface area contributed by atoms with Crippen LogP contribution in [0.5, 0.6) is 5.75 Å². The Balaban J connectivity index is 2.06. The minimum atomic E-state index is -0.458. The van der Waals surface area contributed by atoms with Crippen LogP contribution >= 0.6 is 38.5 Å². The third-order valence-electron chi connectivity index (χ3n) is 2.68. The van der Waals surface area contributed by atoms with E-state index >= 15 is 0 Å². The highest BCUT2D eigenvalue weighted by Gasteiger charge is 2.03. The summed E-state index contributed by atoms with van der Waals surface area (Å²) in [5.41, 5.74) is 7.08. The second kappa shape index (κ2) is 7.61. The maximum Gasteiger partial charge on any atom is 0.241 e. The van der Waals surface area contributed by atoms with Crippen LogP contribution in [0, 0.1) is 3.57 Å². The summed E-state index contributed by atoms with van der Waals surface area (Å²) in [4.78, 5) is 10.7. The molecular formula is C16H13BrINO2. The molecule has 0 aliphatic rings. The lowest BCUT2D eigenvalue weighted by Crippen LogP contribution is -2.05. The lowest BCUT2D eigenvalue weighted by atomic mass is 10.2. The van der Waals surface area contributed by atoms with Gasteiger partial charge in [0.2, 0.25) is 5.91 Å². The summed E-state index contributed by atoms with van der Waals surface area (Å²) in [5, 5.41) is 0. The van der Waals surface area contributed by atoms with Gasteiger partial charge in [-0.2, -0.15) is 0 Å².